The van der Waals surface area contributed by atoms with Gasteiger partial charge in [0.05, 0.1) is 12.2 Å². The summed E-state index contributed by atoms with van der Waals surface area (Å²) >= 11 is 0. The number of amides is 1. The summed E-state index contributed by atoms with van der Waals surface area (Å²) in [6, 6.07) is 19.3. The van der Waals surface area contributed by atoms with E-state index in [-0.39, 0.29) is 12.0 Å². The molecule has 1 saturated heterocycles. The number of para-hydroxylation sites is 1. The molecular formula is C30H36N6O3. The van der Waals surface area contributed by atoms with E-state index >= 15 is 0 Å². The summed E-state index contributed by atoms with van der Waals surface area (Å²) in [4.78, 5) is 20.7. The first-order valence-corrected chi connectivity index (χ1v) is 13.2. The smallest absolute Gasteiger partial charge is 0.246 e. The molecule has 2 aromatic heterocycles. The second-order valence-corrected chi connectivity index (χ2v) is 9.15. The molecule has 1 aliphatic heterocycles. The highest BCUT2D eigenvalue weighted by Gasteiger charge is 2.28. The Balaban J connectivity index is 0.00000172. The van der Waals surface area contributed by atoms with Crippen molar-refractivity contribution in [3.05, 3.63) is 79.0 Å². The fourth-order valence-electron chi connectivity index (χ4n) is 4.15. The van der Waals surface area contributed by atoms with Gasteiger partial charge in [0.2, 0.25) is 11.8 Å². The normalized spacial score (nSPS) is 14.9. The molecule has 1 amide bonds. The predicted octanol–water partition coefficient (Wildman–Crippen LogP) is 5.62. The van der Waals surface area contributed by atoms with Crippen LogP contribution in [0.2, 0.25) is 0 Å². The van der Waals surface area contributed by atoms with Crippen LogP contribution in [0.15, 0.2) is 79.0 Å². The third-order valence-electron chi connectivity index (χ3n) is 6.01. The molecule has 2 aromatic carbocycles. The van der Waals surface area contributed by atoms with Crippen LogP contribution in [0, 0.1) is 0 Å². The van der Waals surface area contributed by atoms with Crippen molar-refractivity contribution < 1.29 is 14.3 Å². The Hall–Kier alpha value is -4.37. The molecule has 0 aliphatic carbocycles. The number of pyridine rings is 1. The minimum absolute atomic E-state index is 0.00329. The first-order chi connectivity index (χ1) is 19.0. The number of likely N-dealkylation sites (N-methyl/N-ethyl adjacent to an activating group) is 1. The molecule has 0 radical (unpaired) electrons. The molecule has 0 spiro atoms. The number of H-pyrrole nitrogens is 1. The average molecular weight is 529 g/mol. The summed E-state index contributed by atoms with van der Waals surface area (Å²) in [5.41, 5.74) is 2.34. The van der Waals surface area contributed by atoms with E-state index < -0.39 is 0 Å². The number of anilines is 2. The maximum Gasteiger partial charge on any atom is 0.246 e. The zero-order chi connectivity index (χ0) is 27.6. The Morgan fingerprint density at radius 1 is 1.10 bits per heavy atom. The summed E-state index contributed by atoms with van der Waals surface area (Å²) in [5, 5.41) is 11.5. The summed E-state index contributed by atoms with van der Waals surface area (Å²) in [6.07, 6.45) is 5.83. The van der Waals surface area contributed by atoms with Crippen molar-refractivity contribution in [3.8, 4) is 17.4 Å². The number of fused-ring (bicyclic) bond motifs is 1. The van der Waals surface area contributed by atoms with Gasteiger partial charge in [-0.1, -0.05) is 38.1 Å². The zero-order valence-electron chi connectivity index (χ0n) is 22.9. The monoisotopic (exact) mass is 528 g/mol. The van der Waals surface area contributed by atoms with Gasteiger partial charge in [0.25, 0.3) is 0 Å². The maximum atomic E-state index is 12.5. The second kappa shape index (κ2) is 13.4. The van der Waals surface area contributed by atoms with Crippen LogP contribution in [-0.4, -0.2) is 70.7 Å². The van der Waals surface area contributed by atoms with Gasteiger partial charge in [-0.2, -0.15) is 0 Å². The highest BCUT2D eigenvalue weighted by atomic mass is 16.5. The number of carbonyl (C=O) groups excluding carboxylic acids is 1. The molecule has 1 unspecified atom stereocenters. The van der Waals surface area contributed by atoms with E-state index in [1.807, 2.05) is 104 Å². The van der Waals surface area contributed by atoms with Crippen molar-refractivity contribution in [2.75, 3.05) is 39.0 Å². The summed E-state index contributed by atoms with van der Waals surface area (Å²) in [5.74, 6) is 2.01. The van der Waals surface area contributed by atoms with Crippen LogP contribution >= 0.6 is 0 Å². The number of nitrogens with one attached hydrogen (secondary N) is 2. The van der Waals surface area contributed by atoms with E-state index in [0.29, 0.717) is 24.6 Å². The molecule has 1 fully saturated rings. The molecule has 0 saturated carbocycles. The van der Waals surface area contributed by atoms with Gasteiger partial charge in [-0.15, -0.1) is 5.10 Å². The van der Waals surface area contributed by atoms with Gasteiger partial charge in [0, 0.05) is 37.5 Å². The van der Waals surface area contributed by atoms with Gasteiger partial charge in [-0.05, 0) is 56.6 Å². The van der Waals surface area contributed by atoms with Crippen LogP contribution in [0.1, 0.15) is 20.3 Å². The number of aromatic amines is 1. The molecule has 3 heterocycles. The molecular weight excluding hydrogens is 492 g/mol. The summed E-state index contributed by atoms with van der Waals surface area (Å²) in [6.45, 7) is 5.90. The number of carbonyl (C=O) groups is 1. The molecule has 9 nitrogen and oxygen atoms in total. The van der Waals surface area contributed by atoms with Crippen LogP contribution < -0.4 is 14.8 Å². The van der Waals surface area contributed by atoms with Crippen molar-refractivity contribution in [1.29, 1.82) is 0 Å². The molecule has 1 atom stereocenters. The number of hydrogen-bond donors (Lipinski definition) is 2. The lowest BCUT2D eigenvalue weighted by molar-refractivity contribution is -0.125. The van der Waals surface area contributed by atoms with Crippen LogP contribution in [0.5, 0.6) is 17.4 Å². The lowest BCUT2D eigenvalue weighted by atomic mass is 10.2. The first-order valence-electron chi connectivity index (χ1n) is 13.2. The molecule has 9 heteroatoms. The van der Waals surface area contributed by atoms with Gasteiger partial charge < -0.3 is 24.6 Å². The highest BCUT2D eigenvalue weighted by Crippen LogP contribution is 2.33. The lowest BCUT2D eigenvalue weighted by Gasteiger charge is -2.15. The van der Waals surface area contributed by atoms with E-state index in [4.69, 9.17) is 9.47 Å². The van der Waals surface area contributed by atoms with E-state index in [1.165, 1.54) is 0 Å². The fourth-order valence-corrected chi connectivity index (χ4v) is 4.15. The molecule has 2 N–H and O–H groups in total. The van der Waals surface area contributed by atoms with Gasteiger partial charge in [0.1, 0.15) is 23.0 Å². The Bertz CT molecular complexity index is 1370. The fraction of sp³-hybridized carbons (Fsp3) is 0.300. The quantitative estimate of drug-likeness (QED) is 0.272. The number of ether oxygens (including phenoxy) is 2. The molecule has 204 valence electrons. The number of likely N-dealkylation sites (tertiary alicyclic amines) is 1. The highest BCUT2D eigenvalue weighted by molar-refractivity contribution is 5.95. The SMILES string of the molecule is CC.CN(C)C/C=C/C(=O)N1CCC(Oc2n[nH]c3nccc(Nc4ccc(Oc5ccccc5)cc4)c23)C1. The van der Waals surface area contributed by atoms with E-state index in [9.17, 15) is 4.79 Å². The van der Waals surface area contributed by atoms with Crippen LogP contribution in [0.3, 0.4) is 0 Å². The van der Waals surface area contributed by atoms with Gasteiger partial charge in [0.15, 0.2) is 5.65 Å². The Morgan fingerprint density at radius 2 is 1.85 bits per heavy atom. The predicted molar refractivity (Wildman–Crippen MR) is 155 cm³/mol. The second-order valence-electron chi connectivity index (χ2n) is 9.15. The minimum Gasteiger partial charge on any atom is -0.471 e. The molecule has 39 heavy (non-hydrogen) atoms. The van der Waals surface area contributed by atoms with E-state index in [1.54, 1.807) is 12.3 Å². The Kier molecular flexibility index (Phi) is 9.53. The number of rotatable bonds is 9. The van der Waals surface area contributed by atoms with E-state index in [2.05, 4.69) is 20.5 Å². The number of hydrogen-bond acceptors (Lipinski definition) is 7. The van der Waals surface area contributed by atoms with Gasteiger partial charge in [-0.25, -0.2) is 4.98 Å². The van der Waals surface area contributed by atoms with Crippen LogP contribution in [-0.2, 0) is 4.79 Å². The Labute approximate surface area is 229 Å². The standard InChI is InChI=1S/C28H30N6O3.C2H6/c1-33(2)17-6-9-25(35)34-18-15-23(19-34)37-28-26-24(14-16-29-27(26)31-32-28)30-20-10-12-22(13-11-20)36-21-7-4-3-5-8-21;1-2/h3-14,16,23H,15,17-19H2,1-2H3,(H2,29,30,31,32);1-2H3/b9-6+;. The average Bonchev–Trinajstić information content (AvgIpc) is 3.59. The molecule has 1 aliphatic rings. The number of aromatic nitrogens is 3. The van der Waals surface area contributed by atoms with Crippen molar-refractivity contribution in [2.24, 2.45) is 0 Å². The number of nitrogens with zero attached hydrogens (tertiary/aromatic N) is 4. The molecule has 4 aromatic rings. The Morgan fingerprint density at radius 3 is 2.59 bits per heavy atom. The lowest BCUT2D eigenvalue weighted by Crippen LogP contribution is -2.29. The third-order valence-corrected chi connectivity index (χ3v) is 6.01. The third kappa shape index (κ3) is 7.36. The molecule has 5 rings (SSSR count). The van der Waals surface area contributed by atoms with E-state index in [0.717, 1.165) is 41.2 Å². The van der Waals surface area contributed by atoms with Crippen molar-refractivity contribution in [1.82, 2.24) is 25.0 Å². The van der Waals surface area contributed by atoms with Gasteiger partial charge >= 0.3 is 0 Å². The maximum absolute atomic E-state index is 12.5. The van der Waals surface area contributed by atoms with Crippen molar-refractivity contribution in [2.45, 2.75) is 26.4 Å². The number of benzene rings is 2. The molecule has 0 bridgehead atoms. The van der Waals surface area contributed by atoms with Crippen LogP contribution in [0.25, 0.3) is 11.0 Å². The minimum atomic E-state index is -0.139. The topological polar surface area (TPSA) is 95.6 Å². The van der Waals surface area contributed by atoms with Crippen LogP contribution in [0.4, 0.5) is 11.4 Å². The summed E-state index contributed by atoms with van der Waals surface area (Å²) in [7, 11) is 3.94. The van der Waals surface area contributed by atoms with Gasteiger partial charge in [-0.3, -0.25) is 9.89 Å². The summed E-state index contributed by atoms with van der Waals surface area (Å²) < 4.78 is 12.1. The zero-order valence-corrected chi connectivity index (χ0v) is 22.9. The van der Waals surface area contributed by atoms with Crippen molar-refractivity contribution in [3.63, 3.8) is 0 Å². The largest absolute Gasteiger partial charge is 0.471 e. The van der Waals surface area contributed by atoms with Crippen molar-refractivity contribution >= 4 is 28.3 Å². The first kappa shape index (κ1) is 27.7.